The van der Waals surface area contributed by atoms with Crippen LogP contribution >= 0.6 is 11.6 Å². The van der Waals surface area contributed by atoms with Crippen LogP contribution in [0.2, 0.25) is 0 Å². The van der Waals surface area contributed by atoms with Gasteiger partial charge in [-0.05, 0) is 6.92 Å². The van der Waals surface area contributed by atoms with Crippen LogP contribution in [-0.4, -0.2) is 177 Å². The van der Waals surface area contributed by atoms with Crippen LogP contribution in [0.5, 0.6) is 0 Å². The van der Waals surface area contributed by atoms with Crippen molar-refractivity contribution in [1.82, 2.24) is 0 Å². The summed E-state index contributed by atoms with van der Waals surface area (Å²) in [5.74, 6) is -8.39. The van der Waals surface area contributed by atoms with Gasteiger partial charge in [-0.3, -0.25) is 38.3 Å². The fourth-order valence-electron chi connectivity index (χ4n) is 7.27. The van der Waals surface area contributed by atoms with E-state index < -0.39 is 172 Å². The van der Waals surface area contributed by atoms with Gasteiger partial charge in [0.1, 0.15) is 55.7 Å². The minimum Gasteiger partial charge on any atom is -0.463 e. The lowest BCUT2D eigenvalue weighted by Crippen LogP contribution is -2.64. The summed E-state index contributed by atoms with van der Waals surface area (Å²) in [4.78, 5) is 84.8. The summed E-state index contributed by atoms with van der Waals surface area (Å²) >= 11 is 5.58. The molecule has 5 fully saturated rings. The van der Waals surface area contributed by atoms with Crippen LogP contribution in [0.25, 0.3) is 0 Å². The van der Waals surface area contributed by atoms with Gasteiger partial charge in [-0.1, -0.05) is 0 Å². The molecule has 0 radical (unpaired) electrons. The lowest BCUT2D eigenvalue weighted by molar-refractivity contribution is -0.391. The summed E-state index contributed by atoms with van der Waals surface area (Å²) in [7, 11) is 0. The first kappa shape index (κ1) is 48.2. The van der Waals surface area contributed by atoms with Crippen molar-refractivity contribution in [3.63, 3.8) is 0 Å². The van der Waals surface area contributed by atoms with Crippen molar-refractivity contribution in [3.8, 4) is 0 Å². The first-order chi connectivity index (χ1) is 28.7. The normalized spacial score (nSPS) is 39.1. The van der Waals surface area contributed by atoms with Gasteiger partial charge in [0, 0.05) is 48.5 Å². The van der Waals surface area contributed by atoms with Crippen LogP contribution in [0.15, 0.2) is 0 Å². The van der Waals surface area contributed by atoms with Crippen LogP contribution < -0.4 is 0 Å². The third-order valence-electron chi connectivity index (χ3n) is 9.41. The quantitative estimate of drug-likeness (QED) is 0.114. The smallest absolute Gasteiger partial charge is 0.320 e. The Morgan fingerprint density at radius 3 is 1.67 bits per heavy atom. The summed E-state index contributed by atoms with van der Waals surface area (Å²) in [6.07, 6.45) is -22.0. The minimum atomic E-state index is -2.12. The second kappa shape index (κ2) is 20.6. The van der Waals surface area contributed by atoms with Crippen molar-refractivity contribution in [2.45, 2.75) is 160 Å². The molecule has 5 aliphatic heterocycles. The number of carbonyl (C=O) groups excluding carboxylic acids is 7. The van der Waals surface area contributed by atoms with Crippen molar-refractivity contribution in [2.75, 3.05) is 25.7 Å². The highest BCUT2D eigenvalue weighted by molar-refractivity contribution is 6.26. The standard InChI is InChI=1S/C36H49ClO24/c1-13(38)46-11-21-26(50-15(3)40)29(52-17(5)42)32-35(58-21)61-36(8,60-32)59-27-24(45)20(56-34-30(27)54-19(7)55-34)10-48-33-31(53-18(6)43)28(51-16(4)41)25(49-14(2)39)22(57-33)12-47-23(44)9-37/h19-22,24-35,45H,9-12H2,1-8H3/t19?,20-,21-,22-,24-,25-,26-,27+,28+,29+,30-,31-,32-,33-,34+,35-,36+/m1/s1. The molecule has 0 saturated carbocycles. The highest BCUT2D eigenvalue weighted by atomic mass is 35.5. The fraction of sp³-hybridized carbons (Fsp3) is 0.806. The molecule has 0 bridgehead atoms. The average molecular weight is 901 g/mol. The number of hydrogen-bond acceptors (Lipinski definition) is 24. The molecule has 344 valence electrons. The number of aliphatic hydroxyl groups excluding tert-OH is 1. The van der Waals surface area contributed by atoms with Gasteiger partial charge in [-0.15, -0.1) is 11.6 Å². The molecule has 0 aromatic heterocycles. The van der Waals surface area contributed by atoms with Crippen LogP contribution in [0.4, 0.5) is 0 Å². The maximum absolute atomic E-state index is 12.3. The van der Waals surface area contributed by atoms with Crippen molar-refractivity contribution in [1.29, 1.82) is 0 Å². The van der Waals surface area contributed by atoms with Gasteiger partial charge >= 0.3 is 41.8 Å². The largest absolute Gasteiger partial charge is 0.463 e. The number of halogens is 1. The summed E-state index contributed by atoms with van der Waals surface area (Å²) in [5, 5.41) is 11.8. The summed E-state index contributed by atoms with van der Waals surface area (Å²) in [6.45, 7) is 7.78. The van der Waals surface area contributed by atoms with E-state index >= 15 is 0 Å². The monoisotopic (exact) mass is 900 g/mol. The van der Waals surface area contributed by atoms with E-state index in [1.54, 1.807) is 6.92 Å². The maximum Gasteiger partial charge on any atom is 0.320 e. The summed E-state index contributed by atoms with van der Waals surface area (Å²) in [6, 6.07) is 0. The van der Waals surface area contributed by atoms with Gasteiger partial charge in [0.25, 0.3) is 5.97 Å². The Morgan fingerprint density at radius 2 is 1.08 bits per heavy atom. The zero-order chi connectivity index (χ0) is 44.9. The average Bonchev–Trinajstić information content (AvgIpc) is 3.70. The van der Waals surface area contributed by atoms with E-state index in [1.807, 2.05) is 0 Å². The van der Waals surface area contributed by atoms with E-state index in [9.17, 15) is 38.7 Å². The molecule has 61 heavy (non-hydrogen) atoms. The van der Waals surface area contributed by atoms with Crippen LogP contribution in [0.3, 0.4) is 0 Å². The van der Waals surface area contributed by atoms with Crippen LogP contribution in [-0.2, 0) is 109 Å². The molecule has 5 saturated heterocycles. The molecular weight excluding hydrogens is 852 g/mol. The molecule has 24 nitrogen and oxygen atoms in total. The second-order valence-electron chi connectivity index (χ2n) is 14.4. The van der Waals surface area contributed by atoms with E-state index in [1.165, 1.54) is 6.92 Å². The van der Waals surface area contributed by atoms with Crippen molar-refractivity contribution in [3.05, 3.63) is 0 Å². The van der Waals surface area contributed by atoms with E-state index in [0.717, 1.165) is 41.5 Å². The number of hydrogen-bond donors (Lipinski definition) is 1. The highest BCUT2D eigenvalue weighted by Crippen LogP contribution is 2.43. The Labute approximate surface area is 353 Å². The molecule has 0 aromatic rings. The maximum atomic E-state index is 12.3. The van der Waals surface area contributed by atoms with Crippen molar-refractivity contribution < 1.29 is 114 Å². The first-order valence-electron chi connectivity index (χ1n) is 19.0. The Kier molecular flexibility index (Phi) is 16.3. The third kappa shape index (κ3) is 12.2. The predicted octanol–water partition coefficient (Wildman–Crippen LogP) is -1.22. The molecule has 5 heterocycles. The minimum absolute atomic E-state index is 0.434. The van der Waals surface area contributed by atoms with Gasteiger partial charge in [0.2, 0.25) is 0 Å². The number of fused-ring (bicyclic) bond motifs is 2. The molecule has 1 unspecified atom stereocenters. The molecule has 25 heteroatoms. The molecule has 0 aromatic carbocycles. The van der Waals surface area contributed by atoms with Crippen molar-refractivity contribution in [2.24, 2.45) is 0 Å². The third-order valence-corrected chi connectivity index (χ3v) is 9.63. The molecule has 5 rings (SSSR count). The SMILES string of the molecule is CC(=O)OC[C@H]1O[C@@H]2O[C@@](C)(O[C@H]3[C@H](O)[C@@H](CO[C@@H]4O[C@H](COC(=O)CCl)[C@@H](OC(C)=O)[C@H](OC(C)=O)[C@H]4OC(C)=O)O[C@@H]4OC(C)O[C@@H]43)O[C@@H]2[C@@H](OC(C)=O)[C@@H]1OC(C)=O. The topological polar surface area (TPSA) is 287 Å². The van der Waals surface area contributed by atoms with Gasteiger partial charge in [0.05, 0.1) is 6.61 Å². The summed E-state index contributed by atoms with van der Waals surface area (Å²) < 4.78 is 91.7. The number of rotatable bonds is 15. The predicted molar refractivity (Wildman–Crippen MR) is 189 cm³/mol. The molecule has 0 spiro atoms. The van der Waals surface area contributed by atoms with E-state index in [4.69, 9.17) is 87.4 Å². The lowest BCUT2D eigenvalue weighted by Gasteiger charge is -2.45. The Bertz CT molecular complexity index is 1630. The van der Waals surface area contributed by atoms with E-state index in [0.29, 0.717) is 0 Å². The number of esters is 7. The number of aliphatic hydroxyl groups is 1. The Morgan fingerprint density at radius 1 is 0.557 bits per heavy atom. The number of ether oxygens (including phenoxy) is 16. The van der Waals surface area contributed by atoms with E-state index in [2.05, 4.69) is 0 Å². The zero-order valence-electron chi connectivity index (χ0n) is 34.3. The molecule has 0 amide bonds. The van der Waals surface area contributed by atoms with E-state index in [-0.39, 0.29) is 0 Å². The lowest BCUT2D eigenvalue weighted by atomic mass is 9.97. The van der Waals surface area contributed by atoms with Gasteiger partial charge in [0.15, 0.2) is 61.8 Å². The molecule has 0 aliphatic carbocycles. The number of alkyl halides is 1. The molecule has 17 atom stereocenters. The molecular formula is C36H49ClO24. The first-order valence-corrected chi connectivity index (χ1v) is 19.5. The van der Waals surface area contributed by atoms with Gasteiger partial charge in [-0.2, -0.15) is 0 Å². The van der Waals surface area contributed by atoms with Crippen molar-refractivity contribution >= 4 is 53.4 Å². The fourth-order valence-corrected chi connectivity index (χ4v) is 7.34. The Hall–Kier alpha value is -3.82. The Balaban J connectivity index is 1.39. The zero-order valence-corrected chi connectivity index (χ0v) is 35.0. The van der Waals surface area contributed by atoms with Gasteiger partial charge in [-0.25, -0.2) is 0 Å². The van der Waals surface area contributed by atoms with Crippen LogP contribution in [0, 0.1) is 0 Å². The summed E-state index contributed by atoms with van der Waals surface area (Å²) in [5.41, 5.74) is 0. The highest BCUT2D eigenvalue weighted by Gasteiger charge is 2.62. The number of carbonyl (C=O) groups is 7. The second-order valence-corrected chi connectivity index (χ2v) is 14.7. The molecule has 5 aliphatic rings. The van der Waals surface area contributed by atoms with Gasteiger partial charge < -0.3 is 76.2 Å². The van der Waals surface area contributed by atoms with Crippen LogP contribution in [0.1, 0.15) is 55.4 Å². The molecule has 1 N–H and O–H groups in total.